The van der Waals surface area contributed by atoms with Gasteiger partial charge in [-0.15, -0.1) is 11.3 Å². The minimum Gasteiger partial charge on any atom is -0.382 e. The molecule has 1 aromatic rings. The van der Waals surface area contributed by atoms with Crippen molar-refractivity contribution in [2.75, 3.05) is 0 Å². The first kappa shape index (κ1) is 13.6. The second-order valence-electron chi connectivity index (χ2n) is 6.15. The Kier molecular flexibility index (Phi) is 3.42. The topological polar surface area (TPSA) is 50.7 Å². The zero-order valence-electron chi connectivity index (χ0n) is 11.5. The fourth-order valence-electron chi connectivity index (χ4n) is 2.92. The largest absolute Gasteiger partial charge is 0.382 e. The van der Waals surface area contributed by atoms with Crippen LogP contribution in [0.5, 0.6) is 0 Å². The lowest BCUT2D eigenvalue weighted by Crippen LogP contribution is -2.43. The maximum absolute atomic E-state index is 12.4. The first-order valence-electron chi connectivity index (χ1n) is 7.49. The number of hydrogen-bond donors (Lipinski definition) is 1. The fourth-order valence-corrected chi connectivity index (χ4v) is 3.95. The van der Waals surface area contributed by atoms with E-state index < -0.39 is 6.10 Å². The number of oxime groups is 1. The average molecular weight is 325 g/mol. The molecular weight excluding hydrogens is 308 g/mol. The molecule has 0 aromatic carbocycles. The average Bonchev–Trinajstić information content (AvgIpc) is 3.39. The maximum atomic E-state index is 12.4. The summed E-state index contributed by atoms with van der Waals surface area (Å²) < 4.78 is 0.725. The standard InChI is InChI=1S/C15H17ClN2O2S/c16-13-6-5-12(21-13)10-7-11(20-18-10)15(19)17-14(8-1-2-8)9-3-4-9/h5-6,8-9,11,14H,1-4,7H2,(H,17,19)/t11-/m1/s1. The molecule has 2 saturated carbocycles. The van der Waals surface area contributed by atoms with Crippen LogP contribution < -0.4 is 5.32 Å². The highest BCUT2D eigenvalue weighted by Crippen LogP contribution is 2.44. The molecule has 1 aromatic heterocycles. The van der Waals surface area contributed by atoms with Gasteiger partial charge in [-0.05, 0) is 49.7 Å². The van der Waals surface area contributed by atoms with E-state index in [0.29, 0.717) is 24.3 Å². The van der Waals surface area contributed by atoms with Crippen LogP contribution >= 0.6 is 22.9 Å². The van der Waals surface area contributed by atoms with Gasteiger partial charge in [-0.3, -0.25) is 4.79 Å². The Balaban J connectivity index is 1.36. The number of hydrogen-bond acceptors (Lipinski definition) is 4. The summed E-state index contributed by atoms with van der Waals surface area (Å²) in [5, 5.41) is 7.26. The Morgan fingerprint density at radius 1 is 1.33 bits per heavy atom. The number of amides is 1. The third-order valence-electron chi connectivity index (χ3n) is 4.39. The number of thiophene rings is 1. The zero-order chi connectivity index (χ0) is 14.4. The predicted octanol–water partition coefficient (Wildman–Crippen LogP) is 3.20. The van der Waals surface area contributed by atoms with E-state index in [-0.39, 0.29) is 5.91 Å². The molecule has 3 aliphatic rings. The molecule has 1 amide bonds. The molecule has 1 atom stereocenters. The minimum absolute atomic E-state index is 0.0137. The molecule has 2 aliphatic carbocycles. The van der Waals surface area contributed by atoms with Crippen LogP contribution in [0.15, 0.2) is 17.3 Å². The number of nitrogens with zero attached hydrogens (tertiary/aromatic N) is 1. The predicted molar refractivity (Wildman–Crippen MR) is 82.7 cm³/mol. The van der Waals surface area contributed by atoms with Crippen LogP contribution in [0.2, 0.25) is 4.34 Å². The summed E-state index contributed by atoms with van der Waals surface area (Å²) in [6, 6.07) is 4.13. The third-order valence-corrected chi connectivity index (χ3v) is 5.67. The molecule has 0 spiro atoms. The van der Waals surface area contributed by atoms with E-state index in [9.17, 15) is 4.79 Å². The Bertz CT molecular complexity index is 580. The molecule has 4 nitrogen and oxygen atoms in total. The van der Waals surface area contributed by atoms with Crippen molar-refractivity contribution in [3.05, 3.63) is 21.3 Å². The molecule has 2 fully saturated rings. The molecule has 0 saturated heterocycles. The Morgan fingerprint density at radius 3 is 2.62 bits per heavy atom. The van der Waals surface area contributed by atoms with Crippen LogP contribution in [0.4, 0.5) is 0 Å². The molecule has 4 rings (SSSR count). The summed E-state index contributed by atoms with van der Waals surface area (Å²) in [7, 11) is 0. The van der Waals surface area contributed by atoms with E-state index >= 15 is 0 Å². The van der Waals surface area contributed by atoms with Gasteiger partial charge in [0, 0.05) is 12.5 Å². The highest BCUT2D eigenvalue weighted by Gasteiger charge is 2.43. The van der Waals surface area contributed by atoms with E-state index in [4.69, 9.17) is 16.4 Å². The van der Waals surface area contributed by atoms with E-state index in [1.54, 1.807) is 0 Å². The van der Waals surface area contributed by atoms with Crippen LogP contribution in [-0.4, -0.2) is 23.8 Å². The number of halogens is 1. The van der Waals surface area contributed by atoms with Gasteiger partial charge < -0.3 is 10.2 Å². The summed E-state index contributed by atoms with van der Waals surface area (Å²) >= 11 is 7.40. The third kappa shape index (κ3) is 2.94. The number of rotatable bonds is 5. The lowest BCUT2D eigenvalue weighted by Gasteiger charge is -2.19. The van der Waals surface area contributed by atoms with Crippen molar-refractivity contribution in [1.29, 1.82) is 0 Å². The summed E-state index contributed by atoms with van der Waals surface area (Å²) in [5.41, 5.74) is 0.821. The molecule has 112 valence electrons. The van der Waals surface area contributed by atoms with Crippen molar-refractivity contribution in [2.24, 2.45) is 17.0 Å². The number of nitrogens with one attached hydrogen (secondary N) is 1. The van der Waals surface area contributed by atoms with Crippen LogP contribution in [0.1, 0.15) is 37.0 Å². The summed E-state index contributed by atoms with van der Waals surface area (Å²) in [4.78, 5) is 18.7. The molecule has 6 heteroatoms. The first-order valence-corrected chi connectivity index (χ1v) is 8.69. The van der Waals surface area contributed by atoms with Gasteiger partial charge in [0.1, 0.15) is 5.71 Å². The van der Waals surface area contributed by atoms with Crippen LogP contribution in [-0.2, 0) is 9.63 Å². The lowest BCUT2D eigenvalue weighted by atomic mass is 10.1. The number of carbonyl (C=O) groups is 1. The van der Waals surface area contributed by atoms with Crippen molar-refractivity contribution in [2.45, 2.75) is 44.2 Å². The normalized spacial score (nSPS) is 24.9. The van der Waals surface area contributed by atoms with Crippen molar-refractivity contribution < 1.29 is 9.63 Å². The second-order valence-corrected chi connectivity index (χ2v) is 7.86. The SMILES string of the molecule is O=C(NC(C1CC1)C1CC1)[C@H]1CC(c2ccc(Cl)s2)=NO1. The summed E-state index contributed by atoms with van der Waals surface area (Å²) in [6.07, 6.45) is 5.06. The fraction of sp³-hybridized carbons (Fsp3) is 0.600. The van der Waals surface area contributed by atoms with Gasteiger partial charge in [-0.2, -0.15) is 0 Å². The Hall–Kier alpha value is -1.07. The smallest absolute Gasteiger partial charge is 0.264 e. The highest BCUT2D eigenvalue weighted by atomic mass is 35.5. The van der Waals surface area contributed by atoms with Crippen LogP contribution in [0.3, 0.4) is 0 Å². The Morgan fingerprint density at radius 2 is 2.05 bits per heavy atom. The zero-order valence-corrected chi connectivity index (χ0v) is 13.1. The second kappa shape index (κ2) is 5.29. The quantitative estimate of drug-likeness (QED) is 0.904. The Labute approximate surface area is 132 Å². The monoisotopic (exact) mass is 324 g/mol. The van der Waals surface area contributed by atoms with E-state index in [1.807, 2.05) is 12.1 Å². The van der Waals surface area contributed by atoms with Gasteiger partial charge >= 0.3 is 0 Å². The van der Waals surface area contributed by atoms with Gasteiger partial charge in [-0.1, -0.05) is 16.8 Å². The van der Waals surface area contributed by atoms with E-state index in [1.165, 1.54) is 37.0 Å². The molecule has 21 heavy (non-hydrogen) atoms. The molecule has 0 radical (unpaired) electrons. The van der Waals surface area contributed by atoms with E-state index in [2.05, 4.69) is 10.5 Å². The minimum atomic E-state index is -0.485. The van der Waals surface area contributed by atoms with Crippen LogP contribution in [0, 0.1) is 11.8 Å². The first-order chi connectivity index (χ1) is 10.2. The van der Waals surface area contributed by atoms with Crippen molar-refractivity contribution in [3.63, 3.8) is 0 Å². The molecule has 0 bridgehead atoms. The lowest BCUT2D eigenvalue weighted by molar-refractivity contribution is -0.132. The molecule has 0 unspecified atom stereocenters. The van der Waals surface area contributed by atoms with Crippen molar-refractivity contribution in [3.8, 4) is 0 Å². The summed E-state index contributed by atoms with van der Waals surface area (Å²) in [6.45, 7) is 0. The molecular formula is C15H17ClN2O2S. The maximum Gasteiger partial charge on any atom is 0.264 e. The van der Waals surface area contributed by atoms with Gasteiger partial charge in [0.25, 0.3) is 5.91 Å². The van der Waals surface area contributed by atoms with Crippen molar-refractivity contribution in [1.82, 2.24) is 5.32 Å². The summed E-state index contributed by atoms with van der Waals surface area (Å²) in [5.74, 6) is 1.37. The van der Waals surface area contributed by atoms with Gasteiger partial charge in [-0.25, -0.2) is 0 Å². The highest BCUT2D eigenvalue weighted by molar-refractivity contribution is 7.18. The van der Waals surface area contributed by atoms with E-state index in [0.717, 1.165) is 14.9 Å². The van der Waals surface area contributed by atoms with Gasteiger partial charge in [0.05, 0.1) is 9.21 Å². The molecule has 1 N–H and O–H groups in total. The number of carbonyl (C=O) groups excluding carboxylic acids is 1. The van der Waals surface area contributed by atoms with Gasteiger partial charge in [0.15, 0.2) is 0 Å². The van der Waals surface area contributed by atoms with Gasteiger partial charge in [0.2, 0.25) is 6.10 Å². The van der Waals surface area contributed by atoms with Crippen LogP contribution in [0.25, 0.3) is 0 Å². The molecule has 2 heterocycles. The molecule has 1 aliphatic heterocycles. The van der Waals surface area contributed by atoms with Crippen molar-refractivity contribution >= 4 is 34.6 Å².